The van der Waals surface area contributed by atoms with Gasteiger partial charge in [0.2, 0.25) is 0 Å². The van der Waals surface area contributed by atoms with Crippen LogP contribution in [-0.2, 0) is 0 Å². The van der Waals surface area contributed by atoms with Crippen molar-refractivity contribution in [1.82, 2.24) is 4.98 Å². The first-order chi connectivity index (χ1) is 7.76. The summed E-state index contributed by atoms with van der Waals surface area (Å²) in [5.41, 5.74) is 1.97. The predicted octanol–water partition coefficient (Wildman–Crippen LogP) is 3.77. The number of rotatable bonds is 4. The molecule has 2 heterocycles. The number of hydrogen-bond donors (Lipinski definition) is 1. The molecular weight excluding hydrogens is 218 g/mol. The summed E-state index contributed by atoms with van der Waals surface area (Å²) in [5, 5.41) is 12.3. The van der Waals surface area contributed by atoms with Crippen molar-refractivity contribution in [2.24, 2.45) is 5.92 Å². The van der Waals surface area contributed by atoms with E-state index >= 15 is 0 Å². The van der Waals surface area contributed by atoms with Gasteiger partial charge in [0.25, 0.3) is 0 Å². The molecule has 3 heteroatoms. The van der Waals surface area contributed by atoms with Crippen LogP contribution in [0.1, 0.15) is 38.4 Å². The Morgan fingerprint density at radius 3 is 2.81 bits per heavy atom. The zero-order valence-electron chi connectivity index (χ0n) is 9.68. The van der Waals surface area contributed by atoms with Crippen LogP contribution in [0.15, 0.2) is 23.7 Å². The lowest BCUT2D eigenvalue weighted by Crippen LogP contribution is -2.11. The molecule has 0 fully saturated rings. The molecule has 2 nitrogen and oxygen atoms in total. The van der Waals surface area contributed by atoms with Crippen LogP contribution in [0.25, 0.3) is 10.2 Å². The lowest BCUT2D eigenvalue weighted by molar-refractivity contribution is 0.103. The maximum atomic E-state index is 10.2. The molecule has 0 aliphatic rings. The lowest BCUT2D eigenvalue weighted by atomic mass is 9.92. The maximum absolute atomic E-state index is 10.2. The van der Waals surface area contributed by atoms with Crippen molar-refractivity contribution in [1.29, 1.82) is 0 Å². The van der Waals surface area contributed by atoms with E-state index in [2.05, 4.69) is 24.9 Å². The monoisotopic (exact) mass is 235 g/mol. The number of nitrogens with zero attached hydrogens (tertiary/aromatic N) is 1. The van der Waals surface area contributed by atoms with E-state index in [0.29, 0.717) is 5.92 Å². The van der Waals surface area contributed by atoms with Crippen LogP contribution in [0.3, 0.4) is 0 Å². The third-order valence-electron chi connectivity index (χ3n) is 3.16. The van der Waals surface area contributed by atoms with E-state index in [1.165, 1.54) is 0 Å². The summed E-state index contributed by atoms with van der Waals surface area (Å²) in [4.78, 5) is 4.36. The van der Waals surface area contributed by atoms with E-state index < -0.39 is 0 Å². The molecule has 2 rings (SSSR count). The largest absolute Gasteiger partial charge is 0.388 e. The maximum Gasteiger partial charge on any atom is 0.0833 e. The van der Waals surface area contributed by atoms with Crippen molar-refractivity contribution in [3.05, 3.63) is 29.3 Å². The highest BCUT2D eigenvalue weighted by atomic mass is 32.1. The minimum atomic E-state index is -0.381. The topological polar surface area (TPSA) is 33.1 Å². The molecule has 16 heavy (non-hydrogen) atoms. The number of hydrogen-bond acceptors (Lipinski definition) is 3. The minimum Gasteiger partial charge on any atom is -0.388 e. The number of aliphatic hydroxyl groups excluding tert-OH is 1. The average Bonchev–Trinajstić information content (AvgIpc) is 2.77. The highest BCUT2D eigenvalue weighted by Crippen LogP contribution is 2.29. The van der Waals surface area contributed by atoms with Gasteiger partial charge in [0.05, 0.1) is 16.3 Å². The molecule has 0 bridgehead atoms. The van der Waals surface area contributed by atoms with Gasteiger partial charge in [0, 0.05) is 11.8 Å². The van der Waals surface area contributed by atoms with Crippen molar-refractivity contribution in [3.8, 4) is 0 Å². The second kappa shape index (κ2) is 4.93. The molecule has 0 aromatic carbocycles. The molecule has 1 unspecified atom stereocenters. The van der Waals surface area contributed by atoms with E-state index in [0.717, 1.165) is 28.6 Å². The van der Waals surface area contributed by atoms with Gasteiger partial charge in [-0.05, 0) is 23.4 Å². The van der Waals surface area contributed by atoms with Gasteiger partial charge in [0.1, 0.15) is 0 Å². The zero-order chi connectivity index (χ0) is 11.5. The number of fused-ring (bicyclic) bond motifs is 1. The summed E-state index contributed by atoms with van der Waals surface area (Å²) in [6.45, 7) is 4.24. The van der Waals surface area contributed by atoms with Gasteiger partial charge in [-0.3, -0.25) is 4.98 Å². The molecule has 1 atom stereocenters. The molecule has 0 amide bonds. The smallest absolute Gasteiger partial charge is 0.0833 e. The zero-order valence-corrected chi connectivity index (χ0v) is 10.5. The molecule has 0 aliphatic heterocycles. The Morgan fingerprint density at radius 1 is 1.38 bits per heavy atom. The van der Waals surface area contributed by atoms with Gasteiger partial charge in [-0.1, -0.05) is 26.7 Å². The van der Waals surface area contributed by atoms with Crippen molar-refractivity contribution in [2.75, 3.05) is 0 Å². The molecule has 2 aromatic rings. The SMILES string of the molecule is CCC(CC)C(O)c1cnc2ccsc2c1. The van der Waals surface area contributed by atoms with Crippen molar-refractivity contribution in [2.45, 2.75) is 32.8 Å². The van der Waals surface area contributed by atoms with Crippen LogP contribution in [0.5, 0.6) is 0 Å². The molecule has 0 saturated carbocycles. The summed E-state index contributed by atoms with van der Waals surface area (Å²) < 4.78 is 1.16. The highest BCUT2D eigenvalue weighted by Gasteiger charge is 2.18. The molecule has 0 radical (unpaired) electrons. The summed E-state index contributed by atoms with van der Waals surface area (Å²) in [7, 11) is 0. The van der Waals surface area contributed by atoms with Crippen LogP contribution in [0.2, 0.25) is 0 Å². The number of aliphatic hydroxyl groups is 1. The molecule has 0 saturated heterocycles. The second-order valence-corrected chi connectivity index (χ2v) is 5.04. The predicted molar refractivity (Wildman–Crippen MR) is 68.7 cm³/mol. The molecular formula is C13H17NOS. The molecule has 0 spiro atoms. The van der Waals surface area contributed by atoms with Crippen molar-refractivity contribution < 1.29 is 5.11 Å². The van der Waals surface area contributed by atoms with E-state index in [1.807, 2.05) is 11.4 Å². The minimum absolute atomic E-state index is 0.333. The first kappa shape index (κ1) is 11.6. The third-order valence-corrected chi connectivity index (χ3v) is 4.01. The van der Waals surface area contributed by atoms with Crippen LogP contribution in [0, 0.1) is 5.92 Å². The normalized spacial score (nSPS) is 13.5. The number of aromatic nitrogens is 1. The average molecular weight is 235 g/mol. The first-order valence-electron chi connectivity index (χ1n) is 5.77. The van der Waals surface area contributed by atoms with Gasteiger partial charge in [0.15, 0.2) is 0 Å². The molecule has 1 N–H and O–H groups in total. The Kier molecular flexibility index (Phi) is 3.56. The van der Waals surface area contributed by atoms with Crippen LogP contribution in [0.4, 0.5) is 0 Å². The Balaban J connectivity index is 2.31. The first-order valence-corrected chi connectivity index (χ1v) is 6.65. The Labute approximate surface area is 100.0 Å². The fourth-order valence-electron chi connectivity index (χ4n) is 2.03. The van der Waals surface area contributed by atoms with Crippen LogP contribution < -0.4 is 0 Å². The van der Waals surface area contributed by atoms with Gasteiger partial charge in [-0.15, -0.1) is 11.3 Å². The van der Waals surface area contributed by atoms with Gasteiger partial charge in [-0.2, -0.15) is 0 Å². The van der Waals surface area contributed by atoms with Crippen molar-refractivity contribution in [3.63, 3.8) is 0 Å². The highest BCUT2D eigenvalue weighted by molar-refractivity contribution is 7.17. The lowest BCUT2D eigenvalue weighted by Gasteiger charge is -2.19. The molecule has 0 aliphatic carbocycles. The summed E-state index contributed by atoms with van der Waals surface area (Å²) >= 11 is 1.67. The van der Waals surface area contributed by atoms with Gasteiger partial charge < -0.3 is 5.11 Å². The van der Waals surface area contributed by atoms with E-state index in [4.69, 9.17) is 0 Å². The number of thiophene rings is 1. The van der Waals surface area contributed by atoms with Gasteiger partial charge >= 0.3 is 0 Å². The van der Waals surface area contributed by atoms with Crippen molar-refractivity contribution >= 4 is 21.6 Å². The van der Waals surface area contributed by atoms with E-state index in [1.54, 1.807) is 17.5 Å². The van der Waals surface area contributed by atoms with E-state index in [9.17, 15) is 5.11 Å². The Morgan fingerprint density at radius 2 is 2.12 bits per heavy atom. The van der Waals surface area contributed by atoms with E-state index in [-0.39, 0.29) is 6.10 Å². The summed E-state index contributed by atoms with van der Waals surface area (Å²) in [6, 6.07) is 4.07. The summed E-state index contributed by atoms with van der Waals surface area (Å²) in [6.07, 6.45) is 3.42. The Bertz CT molecular complexity index is 462. The molecule has 2 aromatic heterocycles. The molecule has 86 valence electrons. The van der Waals surface area contributed by atoms with Gasteiger partial charge in [-0.25, -0.2) is 0 Å². The Hall–Kier alpha value is -0.930. The quantitative estimate of drug-likeness (QED) is 0.875. The van der Waals surface area contributed by atoms with Crippen LogP contribution >= 0.6 is 11.3 Å². The third kappa shape index (κ3) is 2.11. The standard InChI is InChI=1S/C13H17NOS/c1-3-9(4-2)13(15)10-7-12-11(14-8-10)5-6-16-12/h5-9,13,15H,3-4H2,1-2H3. The second-order valence-electron chi connectivity index (χ2n) is 4.09. The number of pyridine rings is 1. The fourth-order valence-corrected chi connectivity index (χ4v) is 2.82. The van der Waals surface area contributed by atoms with Crippen LogP contribution in [-0.4, -0.2) is 10.1 Å². The fraction of sp³-hybridized carbons (Fsp3) is 0.462. The summed E-state index contributed by atoms with van der Waals surface area (Å²) in [5.74, 6) is 0.333.